The lowest BCUT2D eigenvalue weighted by Gasteiger charge is -2.20. The Balaban J connectivity index is 2.01. The first kappa shape index (κ1) is 13.9. The van der Waals surface area contributed by atoms with Crippen molar-refractivity contribution in [3.63, 3.8) is 0 Å². The zero-order valence-corrected chi connectivity index (χ0v) is 12.4. The topological polar surface area (TPSA) is 9.23 Å². The van der Waals surface area contributed by atoms with Crippen LogP contribution in [0.2, 0.25) is 0 Å². The average Bonchev–Trinajstić information content (AvgIpc) is 3.35. The minimum atomic E-state index is 0.00755. The molecule has 1 atom stereocenters. The third-order valence-electron chi connectivity index (χ3n) is 4.06. The molecule has 2 aromatic rings. The summed E-state index contributed by atoms with van der Waals surface area (Å²) in [5.74, 6) is 2.60. The average molecular weight is 276 g/mol. The van der Waals surface area contributed by atoms with Crippen LogP contribution in [0.3, 0.4) is 0 Å². The maximum Gasteiger partial charge on any atom is 0.108 e. The first-order valence-electron chi connectivity index (χ1n) is 7.58. The Hall–Kier alpha value is -2.04. The summed E-state index contributed by atoms with van der Waals surface area (Å²) in [7, 11) is 0. The number of terminal acetylenes is 1. The van der Waals surface area contributed by atoms with Gasteiger partial charge in [0, 0.05) is 0 Å². The summed E-state index contributed by atoms with van der Waals surface area (Å²) in [5.41, 5.74) is 4.17. The Morgan fingerprint density at radius 1 is 1.19 bits per heavy atom. The Labute approximate surface area is 126 Å². The van der Waals surface area contributed by atoms with Crippen molar-refractivity contribution >= 4 is 10.8 Å². The monoisotopic (exact) mass is 276 g/mol. The highest BCUT2D eigenvalue weighted by Gasteiger charge is 2.25. The molecule has 1 aliphatic rings. The molecular weight excluding hydrogens is 256 g/mol. The van der Waals surface area contributed by atoms with Crippen LogP contribution in [0.1, 0.15) is 37.9 Å². The molecule has 0 heterocycles. The normalized spacial score (nSPS) is 14.8. The van der Waals surface area contributed by atoms with E-state index in [2.05, 4.69) is 55.3 Å². The lowest BCUT2D eigenvalue weighted by atomic mass is 9.96. The van der Waals surface area contributed by atoms with Crippen molar-refractivity contribution in [3.05, 3.63) is 59.2 Å². The van der Waals surface area contributed by atoms with Gasteiger partial charge in [-0.25, -0.2) is 0 Å². The van der Waals surface area contributed by atoms with Crippen LogP contribution in [0.5, 0.6) is 0 Å². The molecule has 0 radical (unpaired) electrons. The van der Waals surface area contributed by atoms with E-state index in [9.17, 15) is 0 Å². The van der Waals surface area contributed by atoms with Crippen LogP contribution < -0.4 is 0 Å². The van der Waals surface area contributed by atoms with Gasteiger partial charge < -0.3 is 4.74 Å². The molecule has 106 valence electrons. The van der Waals surface area contributed by atoms with Crippen LogP contribution in [0.25, 0.3) is 10.8 Å². The molecule has 0 aliphatic heterocycles. The van der Waals surface area contributed by atoms with Crippen LogP contribution in [-0.4, -0.2) is 6.61 Å². The van der Waals surface area contributed by atoms with E-state index >= 15 is 0 Å². The molecule has 1 aliphatic carbocycles. The van der Waals surface area contributed by atoms with Gasteiger partial charge in [0.15, 0.2) is 0 Å². The first-order chi connectivity index (χ1) is 10.3. The molecule has 0 bridgehead atoms. The molecule has 0 aromatic heterocycles. The zero-order valence-electron chi connectivity index (χ0n) is 12.4. The fourth-order valence-electron chi connectivity index (χ4n) is 2.90. The van der Waals surface area contributed by atoms with Crippen LogP contribution in [-0.2, 0) is 4.74 Å². The molecule has 0 spiro atoms. The van der Waals surface area contributed by atoms with Crippen molar-refractivity contribution in [2.24, 2.45) is 0 Å². The van der Waals surface area contributed by atoms with E-state index in [0.29, 0.717) is 6.61 Å². The summed E-state index contributed by atoms with van der Waals surface area (Å²) < 4.78 is 5.99. The van der Waals surface area contributed by atoms with Gasteiger partial charge in [-0.3, -0.25) is 0 Å². The standard InChI is InChI=1S/C20H20O/c1-3-13-21-20(19(4-2)16-10-11-16)18-12-9-15-7-5-6-8-17(15)14-18/h1,5-9,12,14,20H,4,10-11,13H2,2H3. The molecule has 3 rings (SSSR count). The summed E-state index contributed by atoms with van der Waals surface area (Å²) in [6.45, 7) is 2.56. The summed E-state index contributed by atoms with van der Waals surface area (Å²) >= 11 is 0. The highest BCUT2D eigenvalue weighted by Crippen LogP contribution is 2.41. The number of rotatable bonds is 5. The van der Waals surface area contributed by atoms with Gasteiger partial charge in [-0.2, -0.15) is 0 Å². The molecule has 0 saturated heterocycles. The third-order valence-corrected chi connectivity index (χ3v) is 4.06. The Bertz CT molecular complexity index is 712. The molecule has 1 saturated carbocycles. The van der Waals surface area contributed by atoms with Crippen molar-refractivity contribution in [2.45, 2.75) is 32.3 Å². The van der Waals surface area contributed by atoms with Crippen molar-refractivity contribution in [3.8, 4) is 12.3 Å². The summed E-state index contributed by atoms with van der Waals surface area (Å²) in [6, 6.07) is 15.0. The highest BCUT2D eigenvalue weighted by molar-refractivity contribution is 5.83. The van der Waals surface area contributed by atoms with Gasteiger partial charge in [0.25, 0.3) is 0 Å². The van der Waals surface area contributed by atoms with Gasteiger partial charge in [0.1, 0.15) is 12.7 Å². The quantitative estimate of drug-likeness (QED) is 0.549. The third kappa shape index (κ3) is 3.01. The zero-order chi connectivity index (χ0) is 14.7. The van der Waals surface area contributed by atoms with Crippen molar-refractivity contribution in [1.82, 2.24) is 0 Å². The molecular formula is C20H20O. The van der Waals surface area contributed by atoms with E-state index in [1.54, 1.807) is 5.57 Å². The second-order valence-corrected chi connectivity index (χ2v) is 5.48. The number of hydrogen-bond donors (Lipinski definition) is 0. The van der Waals surface area contributed by atoms with Crippen LogP contribution >= 0.6 is 0 Å². The second kappa shape index (κ2) is 6.16. The molecule has 2 aromatic carbocycles. The molecule has 0 amide bonds. The highest BCUT2D eigenvalue weighted by atomic mass is 16.5. The Morgan fingerprint density at radius 2 is 1.95 bits per heavy atom. The van der Waals surface area contributed by atoms with E-state index in [4.69, 9.17) is 11.2 Å². The molecule has 1 fully saturated rings. The van der Waals surface area contributed by atoms with Crippen LogP contribution in [0.15, 0.2) is 53.6 Å². The molecule has 1 heteroatoms. The van der Waals surface area contributed by atoms with E-state index in [1.165, 1.54) is 34.8 Å². The minimum absolute atomic E-state index is 0.00755. The number of hydrogen-bond acceptors (Lipinski definition) is 1. The van der Waals surface area contributed by atoms with E-state index in [0.717, 1.165) is 6.42 Å². The van der Waals surface area contributed by atoms with Crippen LogP contribution in [0, 0.1) is 12.3 Å². The predicted octanol–water partition coefficient (Wildman–Crippen LogP) is 5.03. The summed E-state index contributed by atoms with van der Waals surface area (Å²) in [6.07, 6.45) is 8.85. The van der Waals surface area contributed by atoms with Crippen molar-refractivity contribution < 1.29 is 4.74 Å². The van der Waals surface area contributed by atoms with E-state index < -0.39 is 0 Å². The molecule has 0 N–H and O–H groups in total. The maximum absolute atomic E-state index is 5.99. The van der Waals surface area contributed by atoms with Crippen LogP contribution in [0.4, 0.5) is 0 Å². The van der Waals surface area contributed by atoms with Gasteiger partial charge in [0.05, 0.1) is 0 Å². The van der Waals surface area contributed by atoms with Gasteiger partial charge in [-0.1, -0.05) is 54.8 Å². The first-order valence-corrected chi connectivity index (χ1v) is 7.58. The van der Waals surface area contributed by atoms with Gasteiger partial charge in [-0.15, -0.1) is 6.42 Å². The fourth-order valence-corrected chi connectivity index (χ4v) is 2.90. The molecule has 1 nitrogen and oxygen atoms in total. The predicted molar refractivity (Wildman–Crippen MR) is 88.0 cm³/mol. The van der Waals surface area contributed by atoms with Gasteiger partial charge in [-0.05, 0) is 47.2 Å². The number of fused-ring (bicyclic) bond motifs is 1. The number of benzene rings is 2. The van der Waals surface area contributed by atoms with Gasteiger partial charge in [0.2, 0.25) is 0 Å². The number of ether oxygens (including phenoxy) is 1. The Kier molecular flexibility index (Phi) is 4.08. The molecule has 21 heavy (non-hydrogen) atoms. The van der Waals surface area contributed by atoms with E-state index in [1.807, 2.05) is 0 Å². The lowest BCUT2D eigenvalue weighted by molar-refractivity contribution is 0.103. The fraction of sp³-hybridized carbons (Fsp3) is 0.300. The van der Waals surface area contributed by atoms with Gasteiger partial charge >= 0.3 is 0 Å². The van der Waals surface area contributed by atoms with E-state index in [-0.39, 0.29) is 6.10 Å². The Morgan fingerprint density at radius 3 is 2.62 bits per heavy atom. The largest absolute Gasteiger partial charge is 0.356 e. The summed E-state index contributed by atoms with van der Waals surface area (Å²) in [5, 5.41) is 2.51. The smallest absolute Gasteiger partial charge is 0.108 e. The number of allylic oxidation sites excluding steroid dienone is 1. The van der Waals surface area contributed by atoms with Crippen molar-refractivity contribution in [1.29, 1.82) is 0 Å². The SMILES string of the molecule is C#CCOC(C(CC)=C1CC1)c1ccc2ccccc2c1. The second-order valence-electron chi connectivity index (χ2n) is 5.48. The lowest BCUT2D eigenvalue weighted by Crippen LogP contribution is -2.08. The molecule has 1 unspecified atom stereocenters. The maximum atomic E-state index is 5.99. The minimum Gasteiger partial charge on any atom is -0.356 e. The van der Waals surface area contributed by atoms with Crippen molar-refractivity contribution in [2.75, 3.05) is 6.61 Å². The summed E-state index contributed by atoms with van der Waals surface area (Å²) in [4.78, 5) is 0.